The van der Waals surface area contributed by atoms with E-state index in [4.69, 9.17) is 14.2 Å². The normalized spacial score (nSPS) is 16.9. The molecule has 0 unspecified atom stereocenters. The Morgan fingerprint density at radius 1 is 1.16 bits per heavy atom. The second kappa shape index (κ2) is 8.74. The highest BCUT2D eigenvalue weighted by atomic mass is 32.2. The minimum absolute atomic E-state index is 0.273. The van der Waals surface area contributed by atoms with Crippen molar-refractivity contribution >= 4 is 35.0 Å². The maximum atomic E-state index is 12.7. The Bertz CT molecular complexity index is 1130. The summed E-state index contributed by atoms with van der Waals surface area (Å²) in [5.41, 5.74) is 3.59. The minimum atomic E-state index is -0.611. The zero-order valence-corrected chi connectivity index (χ0v) is 19.2. The van der Waals surface area contributed by atoms with Crippen LogP contribution in [0.4, 0.5) is 4.79 Å². The largest absolute Gasteiger partial charge is 0.486 e. The summed E-state index contributed by atoms with van der Waals surface area (Å²) in [7, 11) is 0. The van der Waals surface area contributed by atoms with Gasteiger partial charge in [-0.3, -0.25) is 19.3 Å². The van der Waals surface area contributed by atoms with Crippen molar-refractivity contribution in [3.05, 3.63) is 46.1 Å². The van der Waals surface area contributed by atoms with Crippen LogP contribution < -0.4 is 9.47 Å². The molecule has 3 heterocycles. The number of hydrogen-bond acceptors (Lipinski definition) is 7. The Morgan fingerprint density at radius 3 is 2.59 bits per heavy atom. The number of amides is 2. The number of aryl methyl sites for hydroxylation is 1. The second-order valence-electron chi connectivity index (χ2n) is 7.80. The first-order valence-electron chi connectivity index (χ1n) is 10.3. The Balaban J connectivity index is 1.60. The van der Waals surface area contributed by atoms with Crippen molar-refractivity contribution in [3.63, 3.8) is 0 Å². The zero-order valence-electron chi connectivity index (χ0n) is 18.3. The lowest BCUT2D eigenvalue weighted by molar-refractivity contribution is -0.149. The average molecular weight is 457 g/mol. The van der Waals surface area contributed by atoms with Crippen LogP contribution in [-0.2, 0) is 14.3 Å². The maximum absolute atomic E-state index is 12.7. The number of carbonyl (C=O) groups is 3. The van der Waals surface area contributed by atoms with Crippen LogP contribution in [0.3, 0.4) is 0 Å². The van der Waals surface area contributed by atoms with E-state index in [9.17, 15) is 14.4 Å². The molecule has 0 radical (unpaired) electrons. The zero-order chi connectivity index (χ0) is 23.0. The Hall–Kier alpha value is -3.20. The van der Waals surface area contributed by atoms with E-state index in [0.717, 1.165) is 39.3 Å². The molecule has 1 aromatic heterocycles. The number of imide groups is 1. The Morgan fingerprint density at radius 2 is 1.88 bits per heavy atom. The smallest absolute Gasteiger partial charge is 0.326 e. The predicted molar refractivity (Wildman–Crippen MR) is 120 cm³/mol. The van der Waals surface area contributed by atoms with E-state index in [-0.39, 0.29) is 11.0 Å². The van der Waals surface area contributed by atoms with Crippen molar-refractivity contribution in [1.82, 2.24) is 9.47 Å². The lowest BCUT2D eigenvalue weighted by Crippen LogP contribution is -2.35. The minimum Gasteiger partial charge on any atom is -0.486 e. The highest BCUT2D eigenvalue weighted by Gasteiger charge is 2.37. The van der Waals surface area contributed by atoms with Gasteiger partial charge in [-0.1, -0.05) is 0 Å². The summed E-state index contributed by atoms with van der Waals surface area (Å²) >= 11 is 0.821. The number of nitrogens with zero attached hydrogens (tertiary/aromatic N) is 2. The van der Waals surface area contributed by atoms with Crippen molar-refractivity contribution < 1.29 is 28.6 Å². The Kier molecular flexibility index (Phi) is 6.01. The van der Waals surface area contributed by atoms with Crippen LogP contribution in [0.1, 0.15) is 30.8 Å². The van der Waals surface area contributed by atoms with Crippen molar-refractivity contribution in [2.24, 2.45) is 0 Å². The third-order valence-electron chi connectivity index (χ3n) is 5.07. The molecule has 1 aromatic carbocycles. The first-order chi connectivity index (χ1) is 15.2. The molecule has 1 fully saturated rings. The first-order valence-corrected chi connectivity index (χ1v) is 11.1. The molecule has 2 aliphatic heterocycles. The number of thioether (sulfide) groups is 1. The van der Waals surface area contributed by atoms with E-state index >= 15 is 0 Å². The van der Waals surface area contributed by atoms with Crippen LogP contribution in [0, 0.1) is 13.8 Å². The number of carbonyl (C=O) groups excluding carboxylic acids is 3. The van der Waals surface area contributed by atoms with Crippen LogP contribution in [0.15, 0.2) is 29.2 Å². The number of esters is 1. The molecule has 32 heavy (non-hydrogen) atoms. The third-order valence-corrected chi connectivity index (χ3v) is 5.98. The van der Waals surface area contributed by atoms with Gasteiger partial charge in [-0.05, 0) is 69.3 Å². The van der Waals surface area contributed by atoms with E-state index in [1.807, 2.05) is 42.7 Å². The SMILES string of the molecule is Cc1cc(/C=C2\SC(=O)N(CC(=O)OC(C)C)C2=O)c(C)n1-c1ccc2c(c1)OCCO2. The molecule has 168 valence electrons. The average Bonchev–Trinajstić information content (AvgIpc) is 3.16. The lowest BCUT2D eigenvalue weighted by Gasteiger charge is -2.20. The molecule has 2 aliphatic rings. The highest BCUT2D eigenvalue weighted by molar-refractivity contribution is 8.18. The fraction of sp³-hybridized carbons (Fsp3) is 0.348. The molecule has 0 saturated carbocycles. The van der Waals surface area contributed by atoms with Gasteiger partial charge in [0.2, 0.25) is 0 Å². The maximum Gasteiger partial charge on any atom is 0.326 e. The summed E-state index contributed by atoms with van der Waals surface area (Å²) in [6.07, 6.45) is 1.37. The molecule has 4 rings (SSSR count). The first kappa shape index (κ1) is 22.0. The van der Waals surface area contributed by atoms with Gasteiger partial charge < -0.3 is 18.8 Å². The van der Waals surface area contributed by atoms with Gasteiger partial charge >= 0.3 is 5.97 Å². The van der Waals surface area contributed by atoms with Gasteiger partial charge in [-0.15, -0.1) is 0 Å². The van der Waals surface area contributed by atoms with E-state index in [2.05, 4.69) is 0 Å². The second-order valence-corrected chi connectivity index (χ2v) is 8.79. The molecule has 0 N–H and O–H groups in total. The quantitative estimate of drug-likeness (QED) is 0.499. The molecule has 0 spiro atoms. The number of ether oxygens (including phenoxy) is 3. The van der Waals surface area contributed by atoms with Crippen molar-refractivity contribution in [3.8, 4) is 17.2 Å². The van der Waals surface area contributed by atoms with Gasteiger partial charge in [-0.2, -0.15) is 0 Å². The van der Waals surface area contributed by atoms with E-state index in [1.165, 1.54) is 0 Å². The van der Waals surface area contributed by atoms with E-state index in [1.54, 1.807) is 19.9 Å². The number of aromatic nitrogens is 1. The summed E-state index contributed by atoms with van der Waals surface area (Å²) in [6.45, 7) is 7.98. The summed E-state index contributed by atoms with van der Waals surface area (Å²) in [5, 5.41) is -0.484. The molecule has 0 atom stereocenters. The molecule has 0 bridgehead atoms. The summed E-state index contributed by atoms with van der Waals surface area (Å²) < 4.78 is 18.4. The third kappa shape index (κ3) is 4.25. The number of rotatable bonds is 5. The van der Waals surface area contributed by atoms with E-state index in [0.29, 0.717) is 24.7 Å². The van der Waals surface area contributed by atoms with Crippen molar-refractivity contribution in [2.75, 3.05) is 19.8 Å². The fourth-order valence-corrected chi connectivity index (χ4v) is 4.54. The van der Waals surface area contributed by atoms with Crippen LogP contribution in [-0.4, -0.2) is 52.4 Å². The monoisotopic (exact) mass is 456 g/mol. The molecule has 2 amide bonds. The predicted octanol–water partition coefficient (Wildman–Crippen LogP) is 3.85. The topological polar surface area (TPSA) is 87.1 Å². The summed E-state index contributed by atoms with van der Waals surface area (Å²) in [5.74, 6) is 0.301. The molecule has 0 aliphatic carbocycles. The van der Waals surface area contributed by atoms with E-state index < -0.39 is 23.7 Å². The summed E-state index contributed by atoms with van der Waals surface area (Å²) in [6, 6.07) is 7.70. The van der Waals surface area contributed by atoms with Crippen LogP contribution >= 0.6 is 11.8 Å². The molecule has 1 saturated heterocycles. The fourth-order valence-electron chi connectivity index (χ4n) is 3.71. The standard InChI is InChI=1S/C23H24N2O6S/c1-13(2)31-21(26)12-24-22(27)20(32-23(24)28)10-16-9-14(3)25(15(16)4)17-5-6-18-19(11-17)30-8-7-29-18/h5-6,9-11,13H,7-8,12H2,1-4H3/b20-10-. The highest BCUT2D eigenvalue weighted by Crippen LogP contribution is 2.36. The van der Waals surface area contributed by atoms with Gasteiger partial charge in [0.1, 0.15) is 19.8 Å². The molecule has 2 aromatic rings. The number of fused-ring (bicyclic) bond motifs is 1. The van der Waals surface area contributed by atoms with Crippen LogP contribution in [0.5, 0.6) is 11.5 Å². The summed E-state index contributed by atoms with van der Waals surface area (Å²) in [4.78, 5) is 38.2. The molecular formula is C23H24N2O6S. The number of hydrogen-bond donors (Lipinski definition) is 0. The molecule has 8 nitrogen and oxygen atoms in total. The number of benzene rings is 1. The Labute approximate surface area is 190 Å². The molecule has 9 heteroatoms. The van der Waals surface area contributed by atoms with Gasteiger partial charge in [0.15, 0.2) is 11.5 Å². The van der Waals surface area contributed by atoms with Gasteiger partial charge in [0.25, 0.3) is 11.1 Å². The van der Waals surface area contributed by atoms with Crippen molar-refractivity contribution in [1.29, 1.82) is 0 Å². The lowest BCUT2D eigenvalue weighted by atomic mass is 10.2. The van der Waals surface area contributed by atoms with Crippen LogP contribution in [0.25, 0.3) is 11.8 Å². The van der Waals surface area contributed by atoms with Crippen LogP contribution in [0.2, 0.25) is 0 Å². The van der Waals surface area contributed by atoms with Gasteiger partial charge in [0, 0.05) is 23.1 Å². The van der Waals surface area contributed by atoms with Gasteiger partial charge in [0.05, 0.1) is 11.0 Å². The molecular weight excluding hydrogens is 432 g/mol. The van der Waals surface area contributed by atoms with Crippen molar-refractivity contribution in [2.45, 2.75) is 33.8 Å². The van der Waals surface area contributed by atoms with Gasteiger partial charge in [-0.25, -0.2) is 0 Å².